The maximum absolute atomic E-state index is 9.16. The molecule has 3 heteroatoms. The van der Waals surface area contributed by atoms with E-state index < -0.39 is 0 Å². The minimum absolute atomic E-state index is 0.235. The molecule has 0 radical (unpaired) electrons. The lowest BCUT2D eigenvalue weighted by Gasteiger charge is -2.02. The summed E-state index contributed by atoms with van der Waals surface area (Å²) in [5.74, 6) is 0.915. The number of aromatic hydroxyl groups is 1. The summed E-state index contributed by atoms with van der Waals surface area (Å²) in [6.07, 6.45) is 0. The second-order valence-electron chi connectivity index (χ2n) is 2.17. The van der Waals surface area contributed by atoms with Crippen LogP contribution in [0, 0.1) is 0 Å². The molecular weight excluding hydrogens is 208 g/mol. The van der Waals surface area contributed by atoms with Crippen molar-refractivity contribution in [1.29, 1.82) is 0 Å². The molecule has 0 heterocycles. The van der Waals surface area contributed by atoms with Gasteiger partial charge in [0.1, 0.15) is 11.5 Å². The molecule has 0 unspecified atom stereocenters. The molecule has 0 amide bonds. The third-order valence-electron chi connectivity index (χ3n) is 1.34. The van der Waals surface area contributed by atoms with Crippen LogP contribution in [0.15, 0.2) is 18.2 Å². The fraction of sp³-hybridized carbons (Fsp3) is 0.250. The summed E-state index contributed by atoms with van der Waals surface area (Å²) in [4.78, 5) is 0. The minimum atomic E-state index is 0.235. The Hall–Kier alpha value is -0.700. The molecule has 11 heavy (non-hydrogen) atoms. The Morgan fingerprint density at radius 3 is 2.73 bits per heavy atom. The van der Waals surface area contributed by atoms with E-state index in [0.29, 0.717) is 5.75 Å². The zero-order valence-corrected chi connectivity index (χ0v) is 7.76. The standard InChI is InChI=1S/C8H9BrO2/c1-11-8-3-6(5-9)2-7(10)4-8/h2-4,10H,5H2,1H3. The van der Waals surface area contributed by atoms with Crippen molar-refractivity contribution in [1.82, 2.24) is 0 Å². The van der Waals surface area contributed by atoms with E-state index >= 15 is 0 Å². The van der Waals surface area contributed by atoms with Crippen molar-refractivity contribution < 1.29 is 9.84 Å². The van der Waals surface area contributed by atoms with Crippen LogP contribution < -0.4 is 4.74 Å². The van der Waals surface area contributed by atoms with Crippen molar-refractivity contribution in [3.8, 4) is 11.5 Å². The zero-order chi connectivity index (χ0) is 8.27. The lowest BCUT2D eigenvalue weighted by Crippen LogP contribution is -1.84. The van der Waals surface area contributed by atoms with Crippen LogP contribution in [0.1, 0.15) is 5.56 Å². The molecule has 1 rings (SSSR count). The number of ether oxygens (including phenoxy) is 1. The van der Waals surface area contributed by atoms with E-state index in [1.165, 1.54) is 0 Å². The first kappa shape index (κ1) is 8.40. The molecule has 1 aromatic carbocycles. The summed E-state index contributed by atoms with van der Waals surface area (Å²) in [7, 11) is 1.58. The molecular formula is C8H9BrO2. The van der Waals surface area contributed by atoms with Gasteiger partial charge in [-0.25, -0.2) is 0 Å². The predicted molar refractivity (Wildman–Crippen MR) is 47.3 cm³/mol. The molecule has 0 saturated carbocycles. The Labute approximate surface area is 73.9 Å². The van der Waals surface area contributed by atoms with E-state index in [1.807, 2.05) is 6.07 Å². The molecule has 60 valence electrons. The smallest absolute Gasteiger partial charge is 0.122 e. The molecule has 1 N–H and O–H groups in total. The van der Waals surface area contributed by atoms with Gasteiger partial charge in [0.25, 0.3) is 0 Å². The SMILES string of the molecule is COc1cc(O)cc(CBr)c1. The fourth-order valence-electron chi connectivity index (χ4n) is 0.838. The van der Waals surface area contributed by atoms with Crippen LogP contribution in [-0.4, -0.2) is 12.2 Å². The van der Waals surface area contributed by atoms with E-state index in [0.717, 1.165) is 10.9 Å². The topological polar surface area (TPSA) is 29.5 Å². The molecule has 0 saturated heterocycles. The van der Waals surface area contributed by atoms with Crippen molar-refractivity contribution in [2.24, 2.45) is 0 Å². The van der Waals surface area contributed by atoms with Gasteiger partial charge < -0.3 is 9.84 Å². The number of phenolic OH excluding ortho intramolecular Hbond substituents is 1. The van der Waals surface area contributed by atoms with Crippen LogP contribution in [-0.2, 0) is 5.33 Å². The molecule has 0 atom stereocenters. The first-order valence-corrected chi connectivity index (χ1v) is 4.31. The van der Waals surface area contributed by atoms with Gasteiger partial charge in [0, 0.05) is 11.4 Å². The molecule has 0 bridgehead atoms. The molecule has 0 aromatic heterocycles. The molecule has 0 aliphatic carbocycles. The zero-order valence-electron chi connectivity index (χ0n) is 6.17. The van der Waals surface area contributed by atoms with Gasteiger partial charge in [-0.05, 0) is 17.7 Å². The maximum atomic E-state index is 9.16. The van der Waals surface area contributed by atoms with Crippen molar-refractivity contribution in [2.45, 2.75) is 5.33 Å². The molecule has 2 nitrogen and oxygen atoms in total. The Balaban J connectivity index is 3.02. The van der Waals surface area contributed by atoms with Gasteiger partial charge in [-0.3, -0.25) is 0 Å². The molecule has 0 aliphatic heterocycles. The second kappa shape index (κ2) is 3.62. The Morgan fingerprint density at radius 2 is 2.18 bits per heavy atom. The fourth-order valence-corrected chi connectivity index (χ4v) is 1.16. The van der Waals surface area contributed by atoms with E-state index in [4.69, 9.17) is 9.84 Å². The second-order valence-corrected chi connectivity index (χ2v) is 2.73. The highest BCUT2D eigenvalue weighted by molar-refractivity contribution is 9.08. The summed E-state index contributed by atoms with van der Waals surface area (Å²) >= 11 is 3.29. The van der Waals surface area contributed by atoms with Gasteiger partial charge in [-0.2, -0.15) is 0 Å². The average molecular weight is 217 g/mol. The van der Waals surface area contributed by atoms with Gasteiger partial charge in [-0.15, -0.1) is 0 Å². The van der Waals surface area contributed by atoms with E-state index in [9.17, 15) is 0 Å². The molecule has 0 aliphatic rings. The van der Waals surface area contributed by atoms with Crippen LogP contribution in [0.5, 0.6) is 11.5 Å². The number of phenols is 1. The van der Waals surface area contributed by atoms with E-state index in [1.54, 1.807) is 19.2 Å². The highest BCUT2D eigenvalue weighted by Crippen LogP contribution is 2.22. The Morgan fingerprint density at radius 1 is 1.45 bits per heavy atom. The van der Waals surface area contributed by atoms with Crippen molar-refractivity contribution >= 4 is 15.9 Å². The summed E-state index contributed by atoms with van der Waals surface area (Å²) in [6.45, 7) is 0. The molecule has 0 fully saturated rings. The number of halogens is 1. The summed E-state index contributed by atoms with van der Waals surface area (Å²) in [6, 6.07) is 5.14. The third kappa shape index (κ3) is 2.12. The van der Waals surface area contributed by atoms with Gasteiger partial charge in [0.05, 0.1) is 7.11 Å². The van der Waals surface area contributed by atoms with Crippen LogP contribution in [0.25, 0.3) is 0 Å². The Kier molecular flexibility index (Phi) is 2.76. The Bertz CT molecular complexity index is 226. The largest absolute Gasteiger partial charge is 0.508 e. The van der Waals surface area contributed by atoms with Crippen LogP contribution in [0.3, 0.4) is 0 Å². The number of hydrogen-bond acceptors (Lipinski definition) is 2. The minimum Gasteiger partial charge on any atom is -0.508 e. The van der Waals surface area contributed by atoms with Gasteiger partial charge in [-0.1, -0.05) is 15.9 Å². The molecule has 1 aromatic rings. The lowest BCUT2D eigenvalue weighted by atomic mass is 10.2. The van der Waals surface area contributed by atoms with Crippen LogP contribution in [0.2, 0.25) is 0 Å². The molecule has 0 spiro atoms. The number of methoxy groups -OCH3 is 1. The first-order chi connectivity index (χ1) is 5.26. The van der Waals surface area contributed by atoms with Crippen molar-refractivity contribution in [2.75, 3.05) is 7.11 Å². The van der Waals surface area contributed by atoms with Gasteiger partial charge in [0.15, 0.2) is 0 Å². The average Bonchev–Trinajstić information content (AvgIpc) is 2.03. The monoisotopic (exact) mass is 216 g/mol. The summed E-state index contributed by atoms with van der Waals surface area (Å²) < 4.78 is 4.96. The lowest BCUT2D eigenvalue weighted by molar-refractivity contribution is 0.407. The van der Waals surface area contributed by atoms with E-state index in [-0.39, 0.29) is 5.75 Å². The maximum Gasteiger partial charge on any atom is 0.122 e. The number of alkyl halides is 1. The highest BCUT2D eigenvalue weighted by Gasteiger charge is 1.97. The van der Waals surface area contributed by atoms with E-state index in [2.05, 4.69) is 15.9 Å². The van der Waals surface area contributed by atoms with Gasteiger partial charge >= 0.3 is 0 Å². The van der Waals surface area contributed by atoms with Crippen LogP contribution >= 0.6 is 15.9 Å². The normalized spacial score (nSPS) is 9.64. The highest BCUT2D eigenvalue weighted by atomic mass is 79.9. The number of hydrogen-bond donors (Lipinski definition) is 1. The quantitative estimate of drug-likeness (QED) is 0.770. The summed E-state index contributed by atoms with van der Waals surface area (Å²) in [5.41, 5.74) is 1.00. The van der Waals surface area contributed by atoms with Crippen molar-refractivity contribution in [3.05, 3.63) is 23.8 Å². The van der Waals surface area contributed by atoms with Crippen molar-refractivity contribution in [3.63, 3.8) is 0 Å². The number of rotatable bonds is 2. The third-order valence-corrected chi connectivity index (χ3v) is 1.99. The number of benzene rings is 1. The first-order valence-electron chi connectivity index (χ1n) is 3.19. The van der Waals surface area contributed by atoms with Gasteiger partial charge in [0.2, 0.25) is 0 Å². The van der Waals surface area contributed by atoms with Crippen LogP contribution in [0.4, 0.5) is 0 Å². The predicted octanol–water partition coefficient (Wildman–Crippen LogP) is 2.30. The summed E-state index contributed by atoms with van der Waals surface area (Å²) in [5, 5.41) is 9.88.